The number of benzene rings is 2. The molecule has 162 valence electrons. The van der Waals surface area contributed by atoms with E-state index >= 15 is 0 Å². The van der Waals surface area contributed by atoms with Crippen LogP contribution >= 0.6 is 0 Å². The molecular formula is C26H33N5. The van der Waals surface area contributed by atoms with Gasteiger partial charge in [-0.3, -0.25) is 0 Å². The zero-order valence-electron chi connectivity index (χ0n) is 19.3. The Balaban J connectivity index is 1.92. The molecule has 1 heterocycles. The summed E-state index contributed by atoms with van der Waals surface area (Å²) in [6.45, 7) is 12.5. The number of nitrogens with one attached hydrogen (secondary N) is 3. The van der Waals surface area contributed by atoms with Crippen molar-refractivity contribution in [2.24, 2.45) is 4.99 Å². The van der Waals surface area contributed by atoms with Gasteiger partial charge in [0.25, 0.3) is 0 Å². The topological polar surface area (TPSA) is 65.1 Å². The Morgan fingerprint density at radius 1 is 1.16 bits per heavy atom. The van der Waals surface area contributed by atoms with Gasteiger partial charge >= 0.3 is 0 Å². The lowest BCUT2D eigenvalue weighted by molar-refractivity contribution is 0.923. The van der Waals surface area contributed by atoms with E-state index in [1.165, 1.54) is 16.7 Å². The van der Waals surface area contributed by atoms with Crippen LogP contribution in [0.2, 0.25) is 0 Å². The number of anilines is 1. The minimum absolute atomic E-state index is 0.575. The molecule has 2 aromatic carbocycles. The molecule has 1 aromatic heterocycles. The number of aromatic nitrogens is 2. The Morgan fingerprint density at radius 3 is 2.65 bits per heavy atom. The monoisotopic (exact) mass is 415 g/mol. The number of H-pyrrole nitrogens is 1. The molecule has 0 saturated carbocycles. The standard InChI is InChI=1S/C26H33N5/c1-7-9-19-10-13-23-24(15-19)31-26(30-23)22-16-21(12-11-20(22)8-2)28-18(5)29-25(27-6)14-17(3)4/h10-16,28H,5,7-9H2,1-4,6H3,(H,27,29)(H,30,31). The van der Waals surface area contributed by atoms with E-state index in [2.05, 4.69) is 77.4 Å². The molecule has 31 heavy (non-hydrogen) atoms. The molecule has 0 fully saturated rings. The first-order chi connectivity index (χ1) is 14.9. The van der Waals surface area contributed by atoms with Crippen molar-refractivity contribution in [2.45, 2.75) is 47.0 Å². The van der Waals surface area contributed by atoms with Gasteiger partial charge in [0.1, 0.15) is 17.5 Å². The highest BCUT2D eigenvalue weighted by Crippen LogP contribution is 2.28. The Morgan fingerprint density at radius 2 is 1.97 bits per heavy atom. The van der Waals surface area contributed by atoms with Gasteiger partial charge in [0.15, 0.2) is 0 Å². The summed E-state index contributed by atoms with van der Waals surface area (Å²) in [4.78, 5) is 12.9. The van der Waals surface area contributed by atoms with Gasteiger partial charge in [0.05, 0.1) is 11.0 Å². The first-order valence-electron chi connectivity index (χ1n) is 10.9. The van der Waals surface area contributed by atoms with Gasteiger partial charge in [0.2, 0.25) is 0 Å². The van der Waals surface area contributed by atoms with E-state index in [0.29, 0.717) is 5.82 Å². The molecule has 0 bridgehead atoms. The number of hydrogen-bond donors (Lipinski definition) is 3. The van der Waals surface area contributed by atoms with Crippen molar-refractivity contribution >= 4 is 22.6 Å². The number of amidine groups is 1. The molecule has 0 amide bonds. The van der Waals surface area contributed by atoms with Crippen LogP contribution in [0, 0.1) is 0 Å². The van der Waals surface area contributed by atoms with Gasteiger partial charge in [-0.25, -0.2) is 9.98 Å². The molecule has 0 unspecified atom stereocenters. The zero-order chi connectivity index (χ0) is 22.4. The van der Waals surface area contributed by atoms with Gasteiger partial charge in [-0.2, -0.15) is 0 Å². The smallest absolute Gasteiger partial charge is 0.138 e. The van der Waals surface area contributed by atoms with Crippen molar-refractivity contribution in [3.8, 4) is 11.4 Å². The van der Waals surface area contributed by atoms with Crippen LogP contribution in [0.25, 0.3) is 22.4 Å². The molecule has 5 heteroatoms. The van der Waals surface area contributed by atoms with Crippen LogP contribution in [-0.2, 0) is 12.8 Å². The molecule has 3 N–H and O–H groups in total. The van der Waals surface area contributed by atoms with Crippen LogP contribution in [0.4, 0.5) is 5.69 Å². The molecule has 0 atom stereocenters. The summed E-state index contributed by atoms with van der Waals surface area (Å²) < 4.78 is 0. The lowest BCUT2D eigenvalue weighted by atomic mass is 10.0. The van der Waals surface area contributed by atoms with Crippen molar-refractivity contribution in [2.75, 3.05) is 12.4 Å². The molecule has 0 saturated heterocycles. The number of hydrogen-bond acceptors (Lipinski definition) is 3. The van der Waals surface area contributed by atoms with Crippen molar-refractivity contribution in [1.29, 1.82) is 0 Å². The fourth-order valence-electron chi connectivity index (χ4n) is 3.59. The average molecular weight is 416 g/mol. The molecule has 3 rings (SSSR count). The predicted octanol–water partition coefficient (Wildman–Crippen LogP) is 6.21. The summed E-state index contributed by atoms with van der Waals surface area (Å²) in [6, 6.07) is 12.8. The van der Waals surface area contributed by atoms with Crippen LogP contribution in [0.5, 0.6) is 0 Å². The number of fused-ring (bicyclic) bond motifs is 1. The Bertz CT molecular complexity index is 1130. The molecule has 0 aliphatic rings. The van der Waals surface area contributed by atoms with E-state index in [1.807, 2.05) is 27.0 Å². The maximum atomic E-state index is 4.86. The number of rotatable bonds is 8. The van der Waals surface area contributed by atoms with Crippen LogP contribution in [0.3, 0.4) is 0 Å². The lowest BCUT2D eigenvalue weighted by Crippen LogP contribution is -2.17. The number of allylic oxidation sites excluding steroid dienone is 1. The zero-order valence-corrected chi connectivity index (χ0v) is 19.3. The number of aliphatic imine (C=N–C) groups is 1. The van der Waals surface area contributed by atoms with Crippen molar-refractivity contribution in [3.05, 3.63) is 71.6 Å². The Labute approximate surface area is 185 Å². The highest BCUT2D eigenvalue weighted by molar-refractivity contribution is 5.94. The van der Waals surface area contributed by atoms with E-state index in [4.69, 9.17) is 4.98 Å². The minimum atomic E-state index is 0.575. The van der Waals surface area contributed by atoms with Crippen LogP contribution in [-0.4, -0.2) is 22.9 Å². The van der Waals surface area contributed by atoms with E-state index in [0.717, 1.165) is 53.2 Å². The van der Waals surface area contributed by atoms with Gasteiger partial charge in [-0.05, 0) is 68.2 Å². The minimum Gasteiger partial charge on any atom is -0.373 e. The summed E-state index contributed by atoms with van der Waals surface area (Å²) in [5.41, 5.74) is 7.84. The summed E-state index contributed by atoms with van der Waals surface area (Å²) >= 11 is 0. The quantitative estimate of drug-likeness (QED) is 0.303. The van der Waals surface area contributed by atoms with Crippen LogP contribution in [0.1, 0.15) is 45.2 Å². The van der Waals surface area contributed by atoms with Gasteiger partial charge in [-0.15, -0.1) is 0 Å². The second-order valence-corrected chi connectivity index (χ2v) is 7.95. The first kappa shape index (κ1) is 22.3. The predicted molar refractivity (Wildman–Crippen MR) is 134 cm³/mol. The van der Waals surface area contributed by atoms with Crippen molar-refractivity contribution in [1.82, 2.24) is 15.3 Å². The number of nitrogens with zero attached hydrogens (tertiary/aromatic N) is 2. The van der Waals surface area contributed by atoms with E-state index < -0.39 is 0 Å². The summed E-state index contributed by atoms with van der Waals surface area (Å²) in [7, 11) is 1.85. The molecule has 0 spiro atoms. The highest BCUT2D eigenvalue weighted by Gasteiger charge is 2.11. The molecular weight excluding hydrogens is 382 g/mol. The van der Waals surface area contributed by atoms with Gasteiger partial charge in [0, 0.05) is 18.3 Å². The fraction of sp³-hybridized carbons (Fsp3) is 0.308. The van der Waals surface area contributed by atoms with Crippen molar-refractivity contribution < 1.29 is 0 Å². The maximum Gasteiger partial charge on any atom is 0.138 e. The lowest BCUT2D eigenvalue weighted by Gasteiger charge is -2.11. The molecule has 3 aromatic rings. The Kier molecular flexibility index (Phi) is 7.29. The molecule has 0 radical (unpaired) electrons. The number of aromatic amines is 1. The van der Waals surface area contributed by atoms with Gasteiger partial charge in [-0.1, -0.05) is 44.6 Å². The van der Waals surface area contributed by atoms with Crippen molar-refractivity contribution in [3.63, 3.8) is 0 Å². The maximum absolute atomic E-state index is 4.86. The SMILES string of the molecule is C=C(/N=C(\C=C(C)C)NC)Nc1ccc(CC)c(-c2nc3ccc(CCC)cc3[nH]2)c1. The average Bonchev–Trinajstić information content (AvgIpc) is 3.16. The third-order valence-corrected chi connectivity index (χ3v) is 5.06. The number of imidazole rings is 1. The highest BCUT2D eigenvalue weighted by atomic mass is 15.1. The van der Waals surface area contributed by atoms with E-state index in [9.17, 15) is 0 Å². The van der Waals surface area contributed by atoms with Crippen LogP contribution in [0.15, 0.2) is 65.4 Å². The second-order valence-electron chi connectivity index (χ2n) is 7.95. The number of likely N-dealkylation sites (N-methyl/N-ethyl adjacent to an activating group) is 1. The molecule has 0 aliphatic heterocycles. The first-order valence-corrected chi connectivity index (χ1v) is 10.9. The summed E-state index contributed by atoms with van der Waals surface area (Å²) in [5.74, 6) is 2.23. The normalized spacial score (nSPS) is 11.5. The fourth-order valence-corrected chi connectivity index (χ4v) is 3.59. The largest absolute Gasteiger partial charge is 0.373 e. The van der Waals surface area contributed by atoms with Gasteiger partial charge < -0.3 is 15.6 Å². The molecule has 0 aliphatic carbocycles. The number of aryl methyl sites for hydroxylation is 2. The summed E-state index contributed by atoms with van der Waals surface area (Å²) in [6.07, 6.45) is 5.13. The Hall–Kier alpha value is -3.34. The van der Waals surface area contributed by atoms with E-state index in [-0.39, 0.29) is 0 Å². The summed E-state index contributed by atoms with van der Waals surface area (Å²) in [5, 5.41) is 6.40. The third-order valence-electron chi connectivity index (χ3n) is 5.06. The molecule has 5 nitrogen and oxygen atoms in total. The van der Waals surface area contributed by atoms with Crippen LogP contribution < -0.4 is 10.6 Å². The van der Waals surface area contributed by atoms with E-state index in [1.54, 1.807) is 0 Å². The third kappa shape index (κ3) is 5.63. The second kappa shape index (κ2) is 10.1.